The zero-order chi connectivity index (χ0) is 28.3. The van der Waals surface area contributed by atoms with Crippen molar-refractivity contribution in [3.63, 3.8) is 0 Å². The van der Waals surface area contributed by atoms with Crippen LogP contribution in [-0.4, -0.2) is 56.0 Å². The largest absolute Gasteiger partial charge is 0.494 e. The van der Waals surface area contributed by atoms with Crippen LogP contribution in [0.4, 0.5) is 0 Å². The van der Waals surface area contributed by atoms with Gasteiger partial charge in [-0.05, 0) is 98.2 Å². The third kappa shape index (κ3) is 5.95. The Morgan fingerprint density at radius 3 is 2.67 bits per heavy atom. The maximum absolute atomic E-state index is 13.8. The molecule has 1 aliphatic rings. The van der Waals surface area contributed by atoms with Crippen LogP contribution in [-0.2, 0) is 16.8 Å². The number of pyridine rings is 1. The Labute approximate surface area is 235 Å². The van der Waals surface area contributed by atoms with Gasteiger partial charge in [-0.2, -0.15) is 0 Å². The van der Waals surface area contributed by atoms with Crippen LogP contribution in [0.15, 0.2) is 53.3 Å². The molecule has 40 heavy (non-hydrogen) atoms. The predicted octanol–water partition coefficient (Wildman–Crippen LogP) is 5.14. The molecule has 0 unspecified atom stereocenters. The van der Waals surface area contributed by atoms with Gasteiger partial charge in [0.1, 0.15) is 11.8 Å². The molecule has 1 aliphatic heterocycles. The number of benzene rings is 2. The number of aryl methyl sites for hydroxylation is 1. The van der Waals surface area contributed by atoms with Gasteiger partial charge in [0, 0.05) is 30.8 Å². The zero-order valence-electron chi connectivity index (χ0n) is 24.2. The maximum atomic E-state index is 13.8. The highest BCUT2D eigenvalue weighted by molar-refractivity contribution is 5.79. The van der Waals surface area contributed by atoms with Gasteiger partial charge in [0.25, 0.3) is 5.56 Å². The second-order valence-corrected chi connectivity index (χ2v) is 11.3. The van der Waals surface area contributed by atoms with Gasteiger partial charge >= 0.3 is 0 Å². The molecule has 2 aromatic heterocycles. The van der Waals surface area contributed by atoms with E-state index in [-0.39, 0.29) is 17.2 Å². The summed E-state index contributed by atoms with van der Waals surface area (Å²) in [5, 5.41) is 14.1. The summed E-state index contributed by atoms with van der Waals surface area (Å²) in [6, 6.07) is 15.8. The maximum Gasteiger partial charge on any atom is 0.253 e. The lowest BCUT2D eigenvalue weighted by molar-refractivity contribution is 0.0562. The zero-order valence-corrected chi connectivity index (χ0v) is 24.2. The summed E-state index contributed by atoms with van der Waals surface area (Å²) in [6.07, 6.45) is 2.90. The number of hydrogen-bond acceptors (Lipinski definition) is 7. The molecule has 1 N–H and O–H groups in total. The molecule has 3 heterocycles. The Morgan fingerprint density at radius 2 is 1.98 bits per heavy atom. The fourth-order valence-corrected chi connectivity index (χ4v) is 5.38. The van der Waals surface area contributed by atoms with Gasteiger partial charge in [0.2, 0.25) is 0 Å². The number of aromatic nitrogens is 5. The molecular formula is C31H40N6O3. The van der Waals surface area contributed by atoms with Crippen LogP contribution in [0, 0.1) is 6.92 Å². The molecule has 0 aliphatic carbocycles. The van der Waals surface area contributed by atoms with Crippen molar-refractivity contribution in [3.05, 3.63) is 81.4 Å². The molecule has 1 fully saturated rings. The standard InChI is InChI=1S/C31H40N6O3/c1-6-31(4,5)37-29(33-34-35-37)28(26-18-23-13-10-21(3)17-27(23)32-30(26)38)36(20-25-9-8-16-40-25)19-22-11-14-24(15-12-22)39-7-2/h10-15,17-18,25,28H,6-9,16,19-20H2,1-5H3,(H,32,38)/t25-,28+/m0/s1. The van der Waals surface area contributed by atoms with Crippen LogP contribution < -0.4 is 10.3 Å². The van der Waals surface area contributed by atoms with Gasteiger partial charge in [-0.15, -0.1) is 5.10 Å². The van der Waals surface area contributed by atoms with Crippen molar-refractivity contribution in [1.29, 1.82) is 0 Å². The number of tetrazole rings is 1. The van der Waals surface area contributed by atoms with E-state index >= 15 is 0 Å². The number of rotatable bonds is 11. The number of aromatic amines is 1. The Balaban J connectivity index is 1.66. The van der Waals surface area contributed by atoms with Crippen LogP contribution in [0.3, 0.4) is 0 Å². The summed E-state index contributed by atoms with van der Waals surface area (Å²) in [5.74, 6) is 1.48. The van der Waals surface area contributed by atoms with Gasteiger partial charge in [0.15, 0.2) is 5.82 Å². The van der Waals surface area contributed by atoms with Gasteiger partial charge in [0.05, 0.1) is 18.2 Å². The summed E-state index contributed by atoms with van der Waals surface area (Å²) >= 11 is 0. The first-order valence-corrected chi connectivity index (χ1v) is 14.3. The highest BCUT2D eigenvalue weighted by Gasteiger charge is 2.36. The van der Waals surface area contributed by atoms with Crippen molar-refractivity contribution in [2.45, 2.75) is 78.1 Å². The smallest absolute Gasteiger partial charge is 0.253 e. The lowest BCUT2D eigenvalue weighted by Crippen LogP contribution is -2.41. The number of fused-ring (bicyclic) bond motifs is 1. The molecule has 0 saturated carbocycles. The molecule has 9 nitrogen and oxygen atoms in total. The molecule has 0 spiro atoms. The number of H-pyrrole nitrogens is 1. The Hall–Kier alpha value is -3.56. The first-order chi connectivity index (χ1) is 19.3. The summed E-state index contributed by atoms with van der Waals surface area (Å²) in [7, 11) is 0. The van der Waals surface area contributed by atoms with Crippen LogP contribution in [0.5, 0.6) is 5.75 Å². The van der Waals surface area contributed by atoms with E-state index in [0.29, 0.717) is 31.1 Å². The van der Waals surface area contributed by atoms with Gasteiger partial charge in [-0.25, -0.2) is 4.68 Å². The molecule has 5 rings (SSSR count). The van der Waals surface area contributed by atoms with E-state index in [1.54, 1.807) is 0 Å². The molecule has 2 atom stereocenters. The van der Waals surface area contributed by atoms with Gasteiger partial charge < -0.3 is 14.5 Å². The SMILES string of the molecule is CCOc1ccc(CN(C[C@@H]2CCCO2)[C@H](c2cc3ccc(C)cc3[nH]c2=O)c2nnnn2C(C)(C)CC)cc1. The molecule has 1 saturated heterocycles. The van der Waals surface area contributed by atoms with E-state index in [1.807, 2.05) is 42.8 Å². The average molecular weight is 545 g/mol. The van der Waals surface area contributed by atoms with E-state index < -0.39 is 6.04 Å². The molecule has 9 heteroatoms. The second-order valence-electron chi connectivity index (χ2n) is 11.3. The van der Waals surface area contributed by atoms with Crippen molar-refractivity contribution in [2.24, 2.45) is 0 Å². The van der Waals surface area contributed by atoms with E-state index in [4.69, 9.17) is 9.47 Å². The molecule has 0 amide bonds. The second kappa shape index (κ2) is 11.9. The fraction of sp³-hybridized carbons (Fsp3) is 0.484. The Morgan fingerprint density at radius 1 is 1.18 bits per heavy atom. The van der Waals surface area contributed by atoms with Crippen LogP contribution in [0.2, 0.25) is 0 Å². The monoisotopic (exact) mass is 544 g/mol. The van der Waals surface area contributed by atoms with Crippen molar-refractivity contribution in [3.8, 4) is 5.75 Å². The summed E-state index contributed by atoms with van der Waals surface area (Å²) in [4.78, 5) is 19.3. The van der Waals surface area contributed by atoms with Crippen LogP contribution in [0.1, 0.15) is 75.5 Å². The lowest BCUT2D eigenvalue weighted by atomic mass is 9.98. The number of nitrogens with zero attached hydrogens (tertiary/aromatic N) is 5. The van der Waals surface area contributed by atoms with Crippen molar-refractivity contribution in [1.82, 2.24) is 30.1 Å². The van der Waals surface area contributed by atoms with Crippen molar-refractivity contribution >= 4 is 10.9 Å². The normalized spacial score (nSPS) is 16.6. The van der Waals surface area contributed by atoms with Gasteiger partial charge in [-0.1, -0.05) is 31.2 Å². The lowest BCUT2D eigenvalue weighted by Gasteiger charge is -2.34. The van der Waals surface area contributed by atoms with Crippen molar-refractivity contribution < 1.29 is 9.47 Å². The summed E-state index contributed by atoms with van der Waals surface area (Å²) in [6.45, 7) is 13.0. The van der Waals surface area contributed by atoms with Crippen LogP contribution in [0.25, 0.3) is 10.9 Å². The summed E-state index contributed by atoms with van der Waals surface area (Å²) in [5.41, 5.74) is 3.15. The highest BCUT2D eigenvalue weighted by Crippen LogP contribution is 2.33. The molecule has 212 valence electrons. The van der Waals surface area contributed by atoms with E-state index in [1.165, 1.54) is 0 Å². The van der Waals surface area contributed by atoms with E-state index in [2.05, 4.69) is 70.4 Å². The highest BCUT2D eigenvalue weighted by atomic mass is 16.5. The topological polar surface area (TPSA) is 98.2 Å². The third-order valence-corrected chi connectivity index (χ3v) is 7.95. The van der Waals surface area contributed by atoms with Crippen molar-refractivity contribution in [2.75, 3.05) is 19.8 Å². The molecule has 2 aromatic carbocycles. The number of hydrogen-bond donors (Lipinski definition) is 1. The minimum absolute atomic E-state index is 0.0656. The molecule has 0 radical (unpaired) electrons. The number of nitrogens with one attached hydrogen (secondary N) is 1. The predicted molar refractivity (Wildman–Crippen MR) is 156 cm³/mol. The third-order valence-electron chi connectivity index (χ3n) is 7.95. The average Bonchev–Trinajstić information content (AvgIpc) is 3.63. The Kier molecular flexibility index (Phi) is 8.32. The fourth-order valence-electron chi connectivity index (χ4n) is 5.38. The van der Waals surface area contributed by atoms with Crippen LogP contribution >= 0.6 is 0 Å². The molecular weight excluding hydrogens is 504 g/mol. The minimum Gasteiger partial charge on any atom is -0.494 e. The summed E-state index contributed by atoms with van der Waals surface area (Å²) < 4.78 is 13.7. The minimum atomic E-state index is -0.494. The molecule has 4 aromatic rings. The van der Waals surface area contributed by atoms with Gasteiger partial charge in [-0.3, -0.25) is 9.69 Å². The van der Waals surface area contributed by atoms with E-state index in [9.17, 15) is 4.79 Å². The van der Waals surface area contributed by atoms with E-state index in [0.717, 1.165) is 53.6 Å². The molecule has 0 bridgehead atoms. The first-order valence-electron chi connectivity index (χ1n) is 14.3. The quantitative estimate of drug-likeness (QED) is 0.279. The first kappa shape index (κ1) is 28.0. The Bertz CT molecular complexity index is 1490. The number of ether oxygens (including phenoxy) is 2.